The molecule has 0 radical (unpaired) electrons. The fourth-order valence-corrected chi connectivity index (χ4v) is 4.42. The fraction of sp³-hybridized carbons (Fsp3) is 0.292. The number of rotatable bonds is 8. The van der Waals surface area contributed by atoms with E-state index >= 15 is 0 Å². The first kappa shape index (κ1) is 23.4. The zero-order valence-corrected chi connectivity index (χ0v) is 20.1. The monoisotopic (exact) mass is 478 g/mol. The Bertz CT molecular complexity index is 1370. The normalized spacial score (nSPS) is 11.0. The maximum absolute atomic E-state index is 13.0. The van der Waals surface area contributed by atoms with E-state index in [1.54, 1.807) is 22.9 Å². The third-order valence-electron chi connectivity index (χ3n) is 5.42. The Kier molecular flexibility index (Phi) is 6.87. The van der Waals surface area contributed by atoms with Gasteiger partial charge in [-0.25, -0.2) is 9.67 Å². The van der Waals surface area contributed by atoms with Crippen molar-refractivity contribution in [2.75, 3.05) is 13.1 Å². The summed E-state index contributed by atoms with van der Waals surface area (Å²) < 4.78 is 2.88. The first-order valence-corrected chi connectivity index (χ1v) is 11.8. The van der Waals surface area contributed by atoms with Crippen molar-refractivity contribution in [1.82, 2.24) is 29.5 Å². The molecule has 4 aromatic rings. The Morgan fingerprint density at radius 3 is 2.62 bits per heavy atom. The third-order valence-corrected chi connectivity index (χ3v) is 6.30. The summed E-state index contributed by atoms with van der Waals surface area (Å²) in [6.07, 6.45) is 2.83. The van der Waals surface area contributed by atoms with Crippen LogP contribution in [0.5, 0.6) is 0 Å². The maximum Gasteiger partial charge on any atom is 0.264 e. The van der Waals surface area contributed by atoms with Gasteiger partial charge < -0.3 is 10.2 Å². The minimum Gasteiger partial charge on any atom is -0.350 e. The number of carbonyl (C=O) groups is 2. The van der Waals surface area contributed by atoms with Crippen LogP contribution >= 0.6 is 11.3 Å². The molecule has 0 saturated carbocycles. The summed E-state index contributed by atoms with van der Waals surface area (Å²) in [6, 6.07) is 9.86. The number of thiophene rings is 1. The summed E-state index contributed by atoms with van der Waals surface area (Å²) >= 11 is 1.55. The van der Waals surface area contributed by atoms with Gasteiger partial charge in [-0.05, 0) is 55.5 Å². The Morgan fingerprint density at radius 2 is 1.94 bits per heavy atom. The third kappa shape index (κ3) is 5.07. The van der Waals surface area contributed by atoms with Gasteiger partial charge in [0, 0.05) is 11.4 Å². The molecule has 0 unspecified atom stereocenters. The molecule has 0 aliphatic carbocycles. The molecule has 10 heteroatoms. The minimum atomic E-state index is -0.354. The average molecular weight is 479 g/mol. The van der Waals surface area contributed by atoms with Crippen LogP contribution in [-0.2, 0) is 22.7 Å². The molecule has 0 aliphatic heterocycles. The quantitative estimate of drug-likeness (QED) is 0.419. The van der Waals surface area contributed by atoms with Crippen LogP contribution in [-0.4, -0.2) is 49.1 Å². The van der Waals surface area contributed by atoms with Gasteiger partial charge >= 0.3 is 0 Å². The number of benzene rings is 1. The van der Waals surface area contributed by atoms with E-state index < -0.39 is 0 Å². The highest BCUT2D eigenvalue weighted by atomic mass is 32.1. The maximum atomic E-state index is 13.0. The van der Waals surface area contributed by atoms with Gasteiger partial charge in [-0.2, -0.15) is 5.10 Å². The number of aromatic nitrogens is 4. The summed E-state index contributed by atoms with van der Waals surface area (Å²) in [6.45, 7) is 6.28. The molecule has 34 heavy (non-hydrogen) atoms. The van der Waals surface area contributed by atoms with E-state index in [4.69, 9.17) is 0 Å². The van der Waals surface area contributed by atoms with Crippen LogP contribution in [0.15, 0.2) is 53.0 Å². The molecule has 0 bridgehead atoms. The minimum absolute atomic E-state index is 0.0736. The number of hydrogen-bond acceptors (Lipinski definition) is 6. The Hall–Kier alpha value is -3.79. The van der Waals surface area contributed by atoms with E-state index in [2.05, 4.69) is 21.5 Å². The molecule has 9 nitrogen and oxygen atoms in total. The van der Waals surface area contributed by atoms with Gasteiger partial charge in [0.1, 0.15) is 18.3 Å². The second-order valence-electron chi connectivity index (χ2n) is 8.08. The smallest absolute Gasteiger partial charge is 0.264 e. The Balaban J connectivity index is 1.48. The van der Waals surface area contributed by atoms with Crippen LogP contribution in [0.4, 0.5) is 0 Å². The van der Waals surface area contributed by atoms with Crippen molar-refractivity contribution in [2.45, 2.75) is 33.9 Å². The van der Waals surface area contributed by atoms with Crippen molar-refractivity contribution in [1.29, 1.82) is 0 Å². The molecule has 4 rings (SSSR count). The number of nitrogens with one attached hydrogen (secondary N) is 1. The predicted molar refractivity (Wildman–Crippen MR) is 131 cm³/mol. The SMILES string of the molecule is CCN(CC(=O)NCc1cccs1)C(=O)Cn1cnc2c(cnn2-c2cc(C)cc(C)c2)c1=O. The molecule has 0 atom stereocenters. The molecule has 2 amide bonds. The molecule has 0 spiro atoms. The second kappa shape index (κ2) is 10.0. The van der Waals surface area contributed by atoms with Crippen molar-refractivity contribution in [3.8, 4) is 5.69 Å². The lowest BCUT2D eigenvalue weighted by Gasteiger charge is -2.20. The number of hydrogen-bond donors (Lipinski definition) is 1. The molecule has 176 valence electrons. The van der Waals surface area contributed by atoms with Gasteiger partial charge in [0.25, 0.3) is 5.56 Å². The first-order valence-electron chi connectivity index (χ1n) is 10.9. The van der Waals surface area contributed by atoms with Gasteiger partial charge in [-0.15, -0.1) is 11.3 Å². The first-order chi connectivity index (χ1) is 16.4. The number of amides is 2. The molecule has 3 heterocycles. The van der Waals surface area contributed by atoms with E-state index in [1.807, 2.05) is 43.5 Å². The van der Waals surface area contributed by atoms with Crippen LogP contribution in [0.1, 0.15) is 22.9 Å². The van der Waals surface area contributed by atoms with E-state index in [0.717, 1.165) is 21.7 Å². The molecule has 0 saturated heterocycles. The van der Waals surface area contributed by atoms with E-state index in [-0.39, 0.29) is 30.5 Å². The zero-order chi connectivity index (χ0) is 24.2. The van der Waals surface area contributed by atoms with Crippen molar-refractivity contribution < 1.29 is 9.59 Å². The lowest BCUT2D eigenvalue weighted by atomic mass is 10.1. The van der Waals surface area contributed by atoms with Crippen molar-refractivity contribution in [2.24, 2.45) is 0 Å². The van der Waals surface area contributed by atoms with Crippen molar-refractivity contribution in [3.63, 3.8) is 0 Å². The number of aryl methyl sites for hydroxylation is 2. The lowest BCUT2D eigenvalue weighted by Crippen LogP contribution is -2.42. The Labute approximate surface area is 200 Å². The summed E-state index contributed by atoms with van der Waals surface area (Å²) in [7, 11) is 0. The summed E-state index contributed by atoms with van der Waals surface area (Å²) in [4.78, 5) is 45.0. The molecule has 0 aliphatic rings. The van der Waals surface area contributed by atoms with Gasteiger partial charge in [0.05, 0.1) is 25.0 Å². The summed E-state index contributed by atoms with van der Waals surface area (Å²) in [5.74, 6) is -0.585. The van der Waals surface area contributed by atoms with E-state index in [1.165, 1.54) is 22.0 Å². The van der Waals surface area contributed by atoms with Gasteiger partial charge in [0.15, 0.2) is 5.65 Å². The van der Waals surface area contributed by atoms with Crippen LogP contribution in [0.3, 0.4) is 0 Å². The van der Waals surface area contributed by atoms with Crippen LogP contribution < -0.4 is 10.9 Å². The molecular weight excluding hydrogens is 452 g/mol. The second-order valence-corrected chi connectivity index (χ2v) is 9.11. The lowest BCUT2D eigenvalue weighted by molar-refractivity contribution is -0.136. The number of fused-ring (bicyclic) bond motifs is 1. The van der Waals surface area contributed by atoms with Crippen LogP contribution in [0.25, 0.3) is 16.7 Å². The van der Waals surface area contributed by atoms with Crippen molar-refractivity contribution in [3.05, 3.63) is 74.6 Å². The van der Waals surface area contributed by atoms with E-state index in [0.29, 0.717) is 24.1 Å². The van der Waals surface area contributed by atoms with Gasteiger partial charge in [0.2, 0.25) is 11.8 Å². The number of nitrogens with zero attached hydrogens (tertiary/aromatic N) is 5. The van der Waals surface area contributed by atoms with Crippen LogP contribution in [0, 0.1) is 13.8 Å². The highest BCUT2D eigenvalue weighted by molar-refractivity contribution is 7.09. The number of carbonyl (C=O) groups excluding carboxylic acids is 2. The molecule has 1 aromatic carbocycles. The zero-order valence-electron chi connectivity index (χ0n) is 19.3. The average Bonchev–Trinajstić information content (AvgIpc) is 3.47. The molecule has 0 fully saturated rings. The standard InChI is InChI=1S/C24H26N6O3S/c1-4-28(13-21(31)25-11-19-6-5-7-34-19)22(32)14-29-15-26-23-20(24(29)33)12-27-30(23)18-9-16(2)8-17(3)10-18/h5-10,12,15H,4,11,13-14H2,1-3H3,(H,25,31). The van der Waals surface area contributed by atoms with Crippen LogP contribution in [0.2, 0.25) is 0 Å². The highest BCUT2D eigenvalue weighted by Crippen LogP contribution is 2.17. The predicted octanol–water partition coefficient (Wildman–Crippen LogP) is 2.43. The van der Waals surface area contributed by atoms with Gasteiger partial charge in [-0.3, -0.25) is 19.0 Å². The highest BCUT2D eigenvalue weighted by Gasteiger charge is 2.18. The van der Waals surface area contributed by atoms with E-state index in [9.17, 15) is 14.4 Å². The van der Waals surface area contributed by atoms with Crippen molar-refractivity contribution >= 4 is 34.2 Å². The molecule has 3 aromatic heterocycles. The summed E-state index contributed by atoms with van der Waals surface area (Å²) in [5, 5.41) is 9.44. The summed E-state index contributed by atoms with van der Waals surface area (Å²) in [5.41, 5.74) is 3.05. The largest absolute Gasteiger partial charge is 0.350 e. The Morgan fingerprint density at radius 1 is 1.18 bits per heavy atom. The topological polar surface area (TPSA) is 102 Å². The number of likely N-dealkylation sites (N-methyl/N-ethyl adjacent to an activating group) is 1. The molecule has 1 N–H and O–H groups in total. The molecular formula is C24H26N6O3S. The van der Waals surface area contributed by atoms with Gasteiger partial charge in [-0.1, -0.05) is 12.1 Å². The fourth-order valence-electron chi connectivity index (χ4n) is 3.77.